The second-order valence-corrected chi connectivity index (χ2v) is 4.80. The maximum atomic E-state index is 11.9. The van der Waals surface area contributed by atoms with Crippen molar-refractivity contribution in [1.29, 1.82) is 0 Å². The standard InChI is InChI=1S/C19H20O2/c1-2-16-10-12-18(13-11-16)19(20)15-21-14-6-9-17-7-4-3-5-8-17/h3-13H,2,14-15H2,1H3. The summed E-state index contributed by atoms with van der Waals surface area (Å²) in [5.41, 5.74) is 3.07. The molecule has 0 saturated carbocycles. The Kier molecular flexibility index (Phi) is 5.92. The maximum Gasteiger partial charge on any atom is 0.188 e. The lowest BCUT2D eigenvalue weighted by molar-refractivity contribution is 0.0806. The van der Waals surface area contributed by atoms with Crippen molar-refractivity contribution in [1.82, 2.24) is 0 Å². The van der Waals surface area contributed by atoms with Crippen LogP contribution in [0.1, 0.15) is 28.4 Å². The number of carbonyl (C=O) groups excluding carboxylic acids is 1. The number of carbonyl (C=O) groups is 1. The molecule has 0 N–H and O–H groups in total. The number of benzene rings is 2. The molecule has 2 nitrogen and oxygen atoms in total. The lowest BCUT2D eigenvalue weighted by Crippen LogP contribution is -2.09. The van der Waals surface area contributed by atoms with Crippen LogP contribution in [0, 0.1) is 0 Å². The number of ketones is 1. The minimum atomic E-state index is 0.0192. The predicted molar refractivity (Wildman–Crippen MR) is 86.4 cm³/mol. The van der Waals surface area contributed by atoms with Gasteiger partial charge in [-0.3, -0.25) is 4.79 Å². The average molecular weight is 280 g/mol. The zero-order valence-corrected chi connectivity index (χ0v) is 12.3. The first-order chi connectivity index (χ1) is 10.3. The van der Waals surface area contributed by atoms with Crippen molar-refractivity contribution in [3.8, 4) is 0 Å². The number of ether oxygens (including phenoxy) is 1. The van der Waals surface area contributed by atoms with Crippen molar-refractivity contribution in [2.75, 3.05) is 13.2 Å². The number of hydrogen-bond acceptors (Lipinski definition) is 2. The van der Waals surface area contributed by atoms with Gasteiger partial charge in [-0.25, -0.2) is 0 Å². The number of hydrogen-bond donors (Lipinski definition) is 0. The van der Waals surface area contributed by atoms with Crippen LogP contribution in [0.15, 0.2) is 60.7 Å². The summed E-state index contributed by atoms with van der Waals surface area (Å²) >= 11 is 0. The van der Waals surface area contributed by atoms with Gasteiger partial charge in [-0.05, 0) is 17.5 Å². The van der Waals surface area contributed by atoms with E-state index in [0.29, 0.717) is 12.2 Å². The Balaban J connectivity index is 1.75. The molecule has 0 aliphatic heterocycles. The summed E-state index contributed by atoms with van der Waals surface area (Å²) in [5.74, 6) is 0.0192. The quantitative estimate of drug-likeness (QED) is 0.562. The molecule has 2 aromatic rings. The van der Waals surface area contributed by atoms with Crippen molar-refractivity contribution >= 4 is 11.9 Å². The van der Waals surface area contributed by atoms with Crippen LogP contribution in [-0.4, -0.2) is 19.0 Å². The topological polar surface area (TPSA) is 26.3 Å². The van der Waals surface area contributed by atoms with Gasteiger partial charge in [-0.1, -0.05) is 73.7 Å². The van der Waals surface area contributed by atoms with Crippen LogP contribution >= 0.6 is 0 Å². The molecule has 0 radical (unpaired) electrons. The van der Waals surface area contributed by atoms with Crippen LogP contribution in [0.3, 0.4) is 0 Å². The summed E-state index contributed by atoms with van der Waals surface area (Å²) in [6.45, 7) is 2.65. The third-order valence-corrected chi connectivity index (χ3v) is 3.24. The van der Waals surface area contributed by atoms with Crippen molar-refractivity contribution in [3.05, 3.63) is 77.4 Å². The molecule has 0 spiro atoms. The van der Waals surface area contributed by atoms with E-state index in [9.17, 15) is 4.79 Å². The third kappa shape index (κ3) is 5.01. The van der Waals surface area contributed by atoms with Gasteiger partial charge in [0.15, 0.2) is 5.78 Å². The molecule has 0 aromatic heterocycles. The van der Waals surface area contributed by atoms with E-state index in [-0.39, 0.29) is 12.4 Å². The minimum absolute atomic E-state index is 0.0192. The second-order valence-electron chi connectivity index (χ2n) is 4.80. The van der Waals surface area contributed by atoms with Gasteiger partial charge in [-0.15, -0.1) is 0 Å². The van der Waals surface area contributed by atoms with E-state index in [1.165, 1.54) is 5.56 Å². The molecule has 0 aliphatic carbocycles. The predicted octanol–water partition coefficient (Wildman–Crippen LogP) is 4.16. The molecule has 2 aromatic carbocycles. The van der Waals surface area contributed by atoms with Gasteiger partial charge in [0.1, 0.15) is 6.61 Å². The number of aryl methyl sites for hydroxylation is 1. The molecular weight excluding hydrogens is 260 g/mol. The first-order valence-corrected chi connectivity index (χ1v) is 7.21. The summed E-state index contributed by atoms with van der Waals surface area (Å²) in [6.07, 6.45) is 4.89. The molecule has 0 amide bonds. The van der Waals surface area contributed by atoms with E-state index in [0.717, 1.165) is 12.0 Å². The Hall–Kier alpha value is -2.19. The molecule has 0 saturated heterocycles. The summed E-state index contributed by atoms with van der Waals surface area (Å²) < 4.78 is 5.39. The molecular formula is C19H20O2. The van der Waals surface area contributed by atoms with E-state index in [4.69, 9.17) is 4.74 Å². The van der Waals surface area contributed by atoms with Crippen LogP contribution in [-0.2, 0) is 11.2 Å². The Bertz CT molecular complexity index is 583. The summed E-state index contributed by atoms with van der Waals surface area (Å²) in [6, 6.07) is 17.7. The molecule has 0 unspecified atom stereocenters. The van der Waals surface area contributed by atoms with Gasteiger partial charge in [0.25, 0.3) is 0 Å². The highest BCUT2D eigenvalue weighted by Gasteiger charge is 2.04. The lowest BCUT2D eigenvalue weighted by atomic mass is 10.1. The monoisotopic (exact) mass is 280 g/mol. The molecule has 108 valence electrons. The van der Waals surface area contributed by atoms with E-state index in [1.54, 1.807) is 0 Å². The zero-order valence-electron chi connectivity index (χ0n) is 12.3. The molecule has 0 heterocycles. The minimum Gasteiger partial charge on any atom is -0.369 e. The highest BCUT2D eigenvalue weighted by molar-refractivity contribution is 5.97. The molecule has 21 heavy (non-hydrogen) atoms. The average Bonchev–Trinajstić information content (AvgIpc) is 2.55. The van der Waals surface area contributed by atoms with Crippen LogP contribution in [0.4, 0.5) is 0 Å². The van der Waals surface area contributed by atoms with E-state index in [1.807, 2.05) is 66.7 Å². The molecule has 0 aliphatic rings. The Morgan fingerprint density at radius 2 is 1.76 bits per heavy atom. The summed E-state index contributed by atoms with van der Waals surface area (Å²) in [5, 5.41) is 0. The van der Waals surface area contributed by atoms with Crippen LogP contribution < -0.4 is 0 Å². The van der Waals surface area contributed by atoms with Crippen molar-refractivity contribution < 1.29 is 9.53 Å². The highest BCUT2D eigenvalue weighted by Crippen LogP contribution is 2.06. The van der Waals surface area contributed by atoms with Gasteiger partial charge in [-0.2, -0.15) is 0 Å². The Labute approximate surface area is 126 Å². The van der Waals surface area contributed by atoms with E-state index < -0.39 is 0 Å². The first kappa shape index (κ1) is 15.2. The largest absolute Gasteiger partial charge is 0.369 e. The molecule has 0 fully saturated rings. The fourth-order valence-electron chi connectivity index (χ4n) is 1.98. The normalized spacial score (nSPS) is 10.9. The van der Waals surface area contributed by atoms with E-state index >= 15 is 0 Å². The number of rotatable bonds is 7. The fraction of sp³-hybridized carbons (Fsp3) is 0.211. The van der Waals surface area contributed by atoms with Crippen LogP contribution in [0.2, 0.25) is 0 Å². The Morgan fingerprint density at radius 3 is 2.43 bits per heavy atom. The maximum absolute atomic E-state index is 11.9. The lowest BCUT2D eigenvalue weighted by Gasteiger charge is -2.02. The summed E-state index contributed by atoms with van der Waals surface area (Å²) in [4.78, 5) is 11.9. The smallest absolute Gasteiger partial charge is 0.188 e. The molecule has 2 rings (SSSR count). The van der Waals surface area contributed by atoms with Gasteiger partial charge in [0, 0.05) is 5.56 Å². The molecule has 0 atom stereocenters. The Morgan fingerprint density at radius 1 is 1.05 bits per heavy atom. The first-order valence-electron chi connectivity index (χ1n) is 7.21. The third-order valence-electron chi connectivity index (χ3n) is 3.24. The van der Waals surface area contributed by atoms with E-state index in [2.05, 4.69) is 6.92 Å². The van der Waals surface area contributed by atoms with Crippen LogP contribution in [0.5, 0.6) is 0 Å². The van der Waals surface area contributed by atoms with Crippen LogP contribution in [0.25, 0.3) is 6.08 Å². The van der Waals surface area contributed by atoms with Gasteiger partial charge in [0.05, 0.1) is 6.61 Å². The summed E-state index contributed by atoms with van der Waals surface area (Å²) in [7, 11) is 0. The molecule has 0 bridgehead atoms. The van der Waals surface area contributed by atoms with Crippen molar-refractivity contribution in [3.63, 3.8) is 0 Å². The highest BCUT2D eigenvalue weighted by atomic mass is 16.5. The van der Waals surface area contributed by atoms with Gasteiger partial charge < -0.3 is 4.74 Å². The zero-order chi connectivity index (χ0) is 14.9. The van der Waals surface area contributed by atoms with Gasteiger partial charge >= 0.3 is 0 Å². The fourth-order valence-corrected chi connectivity index (χ4v) is 1.98. The second kappa shape index (κ2) is 8.18. The van der Waals surface area contributed by atoms with Crippen molar-refractivity contribution in [2.24, 2.45) is 0 Å². The van der Waals surface area contributed by atoms with Gasteiger partial charge in [0.2, 0.25) is 0 Å². The molecule has 2 heteroatoms. The SMILES string of the molecule is CCc1ccc(C(=O)COCC=Cc2ccccc2)cc1. The van der Waals surface area contributed by atoms with Crippen molar-refractivity contribution in [2.45, 2.75) is 13.3 Å². The number of Topliss-reactive ketones (excluding diaryl/α,β-unsaturated/α-hetero) is 1.